The summed E-state index contributed by atoms with van der Waals surface area (Å²) in [6.45, 7) is 24.9. The van der Waals surface area contributed by atoms with Crippen molar-refractivity contribution in [2.45, 2.75) is 90.3 Å². The number of carbonyl (C=O) groups excluding carboxylic acids is 1. The highest BCUT2D eigenvalue weighted by Gasteiger charge is 2.37. The molecule has 0 aliphatic carbocycles. The van der Waals surface area contributed by atoms with Gasteiger partial charge in [0.05, 0.1) is 12.1 Å². The maximum absolute atomic E-state index is 12.5. The molecule has 0 spiro atoms. The molecule has 27 heavy (non-hydrogen) atoms. The topological polar surface area (TPSA) is 59.0 Å². The number of hydrogen-bond acceptors (Lipinski definition) is 4. The summed E-state index contributed by atoms with van der Waals surface area (Å²) in [5, 5.41) is 10.8. The van der Waals surface area contributed by atoms with Gasteiger partial charge in [0.15, 0.2) is 8.32 Å². The minimum atomic E-state index is -1.79. The molecule has 0 aromatic carbocycles. The second-order valence-corrected chi connectivity index (χ2v) is 14.3. The molecule has 0 rings (SSSR count). The van der Waals surface area contributed by atoms with Crippen molar-refractivity contribution in [3.8, 4) is 0 Å². The molecule has 0 aromatic heterocycles. The van der Waals surface area contributed by atoms with Crippen molar-refractivity contribution >= 4 is 14.4 Å². The summed E-state index contributed by atoms with van der Waals surface area (Å²) in [6, 6.07) is -0.536. The molecule has 5 nitrogen and oxygen atoms in total. The largest absolute Gasteiger partial charge is 0.444 e. The third-order valence-electron chi connectivity index (χ3n) is 4.86. The molecule has 0 radical (unpaired) electrons. The zero-order valence-corrected chi connectivity index (χ0v) is 19.7. The third-order valence-corrected chi connectivity index (χ3v) is 9.40. The molecular weight excluding hydrogens is 358 g/mol. The Hall–Kier alpha value is -1.11. The van der Waals surface area contributed by atoms with E-state index < -0.39 is 32.2 Å². The van der Waals surface area contributed by atoms with Crippen LogP contribution in [0.3, 0.4) is 0 Å². The molecule has 6 heteroatoms. The Morgan fingerprint density at radius 1 is 1.19 bits per heavy atom. The van der Waals surface area contributed by atoms with Crippen molar-refractivity contribution in [2.24, 2.45) is 0 Å². The monoisotopic (exact) mass is 399 g/mol. The summed E-state index contributed by atoms with van der Waals surface area (Å²) < 4.78 is 11.6. The second kappa shape index (κ2) is 10.4. The Morgan fingerprint density at radius 3 is 2.15 bits per heavy atom. The highest BCUT2D eigenvalue weighted by molar-refractivity contribution is 6.74. The van der Waals surface area contributed by atoms with Gasteiger partial charge >= 0.3 is 6.09 Å². The van der Waals surface area contributed by atoms with Crippen molar-refractivity contribution < 1.29 is 19.1 Å². The first-order chi connectivity index (χ1) is 12.2. The highest BCUT2D eigenvalue weighted by Crippen LogP contribution is 2.36. The van der Waals surface area contributed by atoms with Crippen LogP contribution in [0.5, 0.6) is 0 Å². The van der Waals surface area contributed by atoms with E-state index >= 15 is 0 Å². The van der Waals surface area contributed by atoms with Crippen LogP contribution in [-0.2, 0) is 9.16 Å². The number of rotatable bonds is 10. The van der Waals surface area contributed by atoms with Gasteiger partial charge < -0.3 is 14.3 Å². The predicted molar refractivity (Wildman–Crippen MR) is 116 cm³/mol. The Kier molecular flexibility index (Phi) is 10.0. The number of nitrogens with zero attached hydrogens (tertiary/aromatic N) is 1. The minimum absolute atomic E-state index is 0.159. The average Bonchev–Trinajstić information content (AvgIpc) is 2.48. The number of ether oxygens (including phenoxy) is 1. The fourth-order valence-electron chi connectivity index (χ4n) is 2.28. The van der Waals surface area contributed by atoms with Crippen LogP contribution in [0, 0.1) is 0 Å². The Labute approximate surface area is 167 Å². The first kappa shape index (κ1) is 25.9. The van der Waals surface area contributed by atoms with E-state index in [0.717, 1.165) is 0 Å². The standard InChI is InChI=1S/C21H41NO4Si/c1-11-15-22(19(24)26-20(3,4)5)17(12-2)18(23)14-13-16-25-27(9,10)21(6,7)8/h11-12,17-18,23H,1-2,13-16H2,3-10H3/t17-,18-/m0/s1. The second-order valence-electron chi connectivity index (χ2n) is 9.47. The van der Waals surface area contributed by atoms with E-state index in [0.29, 0.717) is 19.4 Å². The maximum atomic E-state index is 12.5. The molecule has 0 aliphatic heterocycles. The van der Waals surface area contributed by atoms with Gasteiger partial charge in [-0.15, -0.1) is 13.2 Å². The van der Waals surface area contributed by atoms with Crippen molar-refractivity contribution in [1.82, 2.24) is 4.90 Å². The number of carbonyl (C=O) groups is 1. The molecule has 1 amide bonds. The van der Waals surface area contributed by atoms with Crippen molar-refractivity contribution in [3.05, 3.63) is 25.3 Å². The number of aliphatic hydroxyl groups is 1. The number of amides is 1. The SMILES string of the molecule is C=CCN(C(=O)OC(C)(C)C)[C@@H](C=C)[C@@H](O)CCCO[Si](C)(C)C(C)(C)C. The first-order valence-electron chi connectivity index (χ1n) is 9.71. The summed E-state index contributed by atoms with van der Waals surface area (Å²) >= 11 is 0. The van der Waals surface area contributed by atoms with Crippen LogP contribution >= 0.6 is 0 Å². The van der Waals surface area contributed by atoms with Gasteiger partial charge in [0, 0.05) is 13.2 Å². The molecule has 0 saturated heterocycles. The van der Waals surface area contributed by atoms with Gasteiger partial charge in [0.2, 0.25) is 0 Å². The highest BCUT2D eigenvalue weighted by atomic mass is 28.4. The Bertz CT molecular complexity index is 491. The molecule has 0 bridgehead atoms. The lowest BCUT2D eigenvalue weighted by Gasteiger charge is -2.36. The van der Waals surface area contributed by atoms with Gasteiger partial charge in [-0.1, -0.05) is 32.9 Å². The summed E-state index contributed by atoms with van der Waals surface area (Å²) in [6.07, 6.45) is 3.22. The molecule has 0 saturated carbocycles. The fraction of sp³-hybridized carbons (Fsp3) is 0.762. The molecule has 0 heterocycles. The quantitative estimate of drug-likeness (QED) is 0.314. The minimum Gasteiger partial charge on any atom is -0.444 e. The van der Waals surface area contributed by atoms with E-state index in [4.69, 9.17) is 9.16 Å². The van der Waals surface area contributed by atoms with E-state index in [1.54, 1.807) is 12.2 Å². The lowest BCUT2D eigenvalue weighted by molar-refractivity contribution is 0.00431. The van der Waals surface area contributed by atoms with Crippen LogP contribution in [0.1, 0.15) is 54.4 Å². The van der Waals surface area contributed by atoms with Crippen molar-refractivity contribution in [2.75, 3.05) is 13.2 Å². The van der Waals surface area contributed by atoms with Crippen molar-refractivity contribution in [3.63, 3.8) is 0 Å². The van der Waals surface area contributed by atoms with Crippen LogP contribution in [0.25, 0.3) is 0 Å². The van der Waals surface area contributed by atoms with Crippen LogP contribution in [-0.4, -0.2) is 55.3 Å². The Balaban J connectivity index is 4.85. The van der Waals surface area contributed by atoms with Gasteiger partial charge in [-0.3, -0.25) is 4.90 Å². The summed E-state index contributed by atoms with van der Waals surface area (Å²) in [7, 11) is -1.79. The molecule has 0 aliphatic rings. The fourth-order valence-corrected chi connectivity index (χ4v) is 3.36. The van der Waals surface area contributed by atoms with E-state index in [1.165, 1.54) is 4.90 Å². The molecule has 0 aromatic rings. The Morgan fingerprint density at radius 2 is 1.74 bits per heavy atom. The number of aliphatic hydroxyl groups excluding tert-OH is 1. The smallest absolute Gasteiger partial charge is 0.411 e. The zero-order chi connectivity index (χ0) is 21.5. The molecule has 1 N–H and O–H groups in total. The summed E-state index contributed by atoms with van der Waals surface area (Å²) in [4.78, 5) is 14.0. The van der Waals surface area contributed by atoms with Crippen molar-refractivity contribution in [1.29, 1.82) is 0 Å². The summed E-state index contributed by atoms with van der Waals surface area (Å²) in [5.74, 6) is 0. The van der Waals surface area contributed by atoms with Crippen LogP contribution < -0.4 is 0 Å². The lowest BCUT2D eigenvalue weighted by Crippen LogP contribution is -2.48. The third kappa shape index (κ3) is 9.08. The van der Waals surface area contributed by atoms with Gasteiger partial charge in [-0.05, 0) is 51.7 Å². The van der Waals surface area contributed by atoms with E-state index in [9.17, 15) is 9.90 Å². The molecular formula is C21H41NO4Si. The normalized spacial score (nSPS) is 15.0. The molecule has 158 valence electrons. The van der Waals surface area contributed by atoms with E-state index in [-0.39, 0.29) is 11.6 Å². The predicted octanol–water partition coefficient (Wildman–Crippen LogP) is 5.13. The van der Waals surface area contributed by atoms with Gasteiger partial charge in [-0.25, -0.2) is 4.79 Å². The van der Waals surface area contributed by atoms with Crippen LogP contribution in [0.15, 0.2) is 25.3 Å². The van der Waals surface area contributed by atoms with Gasteiger partial charge in [-0.2, -0.15) is 0 Å². The maximum Gasteiger partial charge on any atom is 0.411 e. The van der Waals surface area contributed by atoms with Gasteiger partial charge in [0.1, 0.15) is 5.60 Å². The van der Waals surface area contributed by atoms with Gasteiger partial charge in [0.25, 0.3) is 0 Å². The average molecular weight is 400 g/mol. The van der Waals surface area contributed by atoms with Crippen LogP contribution in [0.4, 0.5) is 4.79 Å². The zero-order valence-electron chi connectivity index (χ0n) is 18.7. The molecule has 0 fully saturated rings. The van der Waals surface area contributed by atoms with E-state index in [2.05, 4.69) is 47.0 Å². The summed E-state index contributed by atoms with van der Waals surface area (Å²) in [5.41, 5.74) is -0.607. The number of hydrogen-bond donors (Lipinski definition) is 1. The lowest BCUT2D eigenvalue weighted by atomic mass is 10.0. The van der Waals surface area contributed by atoms with Crippen LogP contribution in [0.2, 0.25) is 18.1 Å². The van der Waals surface area contributed by atoms with E-state index in [1.807, 2.05) is 20.8 Å². The molecule has 0 unspecified atom stereocenters. The first-order valence-corrected chi connectivity index (χ1v) is 12.6. The molecule has 2 atom stereocenters.